The zero-order valence-corrected chi connectivity index (χ0v) is 55.3. The van der Waals surface area contributed by atoms with E-state index < -0.39 is 0 Å². The first kappa shape index (κ1) is 60.7. The lowest BCUT2D eigenvalue weighted by molar-refractivity contribution is 1.75. The van der Waals surface area contributed by atoms with Gasteiger partial charge in [0.15, 0.2) is 0 Å². The van der Waals surface area contributed by atoms with Crippen molar-refractivity contribution in [2.45, 2.75) is 0 Å². The van der Waals surface area contributed by atoms with E-state index in [2.05, 4.69) is 413 Å². The molecule has 23 aromatic rings. The number of fused-ring (bicyclic) bond motifs is 8. The van der Waals surface area contributed by atoms with Crippen LogP contribution in [0.4, 0.5) is 0 Å². The zero-order chi connectivity index (χ0) is 66.6. The van der Waals surface area contributed by atoms with Gasteiger partial charge in [-0.3, -0.25) is 0 Å². The second kappa shape index (κ2) is 27.3. The van der Waals surface area contributed by atoms with Crippen LogP contribution >= 0.6 is 0 Å². The first-order valence-corrected chi connectivity index (χ1v) is 34.5. The Morgan fingerprint density at radius 2 is 0.200 bits per heavy atom. The highest BCUT2D eigenvalue weighted by atomic mass is 14.2. The molecule has 0 saturated carbocycles. The number of rotatable bonds is 0. The van der Waals surface area contributed by atoms with Crippen LogP contribution in [-0.2, 0) is 0 Å². The normalized spacial score (nSPS) is 11.2. The van der Waals surface area contributed by atoms with E-state index in [0.29, 0.717) is 0 Å². The van der Waals surface area contributed by atoms with Crippen LogP contribution in [0.3, 0.4) is 0 Å². The van der Waals surface area contributed by atoms with Crippen molar-refractivity contribution in [2.24, 2.45) is 0 Å². The SMILES string of the molecule is c1cc2ccc3cccc4ccc(c1)c2c34.c1cc2ccc3cccc4ccc(c1)c2c34.c1cc2cccc3c4cccc5cccc(c(c1)c23)c54.c1ccc2cc3ccccc3cc2c1.c1ccc2cc3ccccc3cc2c1.c1ccc2ccccc2c1.c1ccc2ccccc2c1. The summed E-state index contributed by atoms with van der Waals surface area (Å²) in [4.78, 5) is 0. The molecule has 0 N–H and O–H groups in total. The Labute approximate surface area is 581 Å². The molecule has 23 rings (SSSR count). The molecule has 0 aromatic heterocycles. The van der Waals surface area contributed by atoms with Crippen LogP contribution in [0.15, 0.2) is 413 Å². The number of benzene rings is 23. The van der Waals surface area contributed by atoms with Crippen molar-refractivity contribution in [2.75, 3.05) is 0 Å². The molecule has 0 heterocycles. The van der Waals surface area contributed by atoms with Crippen LogP contribution in [0, 0.1) is 0 Å². The van der Waals surface area contributed by atoms with Crippen LogP contribution < -0.4 is 0 Å². The standard InChI is InChI=1S/C20H12.2C16H10.2C14H10.2C10H8/c1-5-13-6-2-11-17-18-12-4-8-14-7-3-10-16(20(14)18)15(9-1)19(13)17;2*1-3-11-7-9-13-5-2-6-14-10-8-12(4-1)15(11)16(13)14;2*1-2-6-12-10-14-8-4-3-7-13(14)9-11(12)5-1;2*1-2-6-10-8-4-3-7-9(10)5-1/h1-12H;2*1-10H;2*1-10H;2*1-8H. The highest BCUT2D eigenvalue weighted by Crippen LogP contribution is 2.41. The van der Waals surface area contributed by atoms with E-state index >= 15 is 0 Å². The van der Waals surface area contributed by atoms with Gasteiger partial charge in [0.1, 0.15) is 0 Å². The van der Waals surface area contributed by atoms with Gasteiger partial charge in [0.05, 0.1) is 0 Å². The molecule has 0 saturated heterocycles. The Kier molecular flexibility index (Phi) is 16.5. The Balaban J connectivity index is 0.0000000882. The molecule has 100 heavy (non-hydrogen) atoms. The van der Waals surface area contributed by atoms with Gasteiger partial charge in [0.25, 0.3) is 0 Å². The third-order valence-electron chi connectivity index (χ3n) is 19.7. The van der Waals surface area contributed by atoms with Gasteiger partial charge >= 0.3 is 0 Å². The van der Waals surface area contributed by atoms with Gasteiger partial charge in [-0.15, -0.1) is 0 Å². The second-order valence-corrected chi connectivity index (χ2v) is 25.8. The van der Waals surface area contributed by atoms with Gasteiger partial charge in [0, 0.05) is 0 Å². The zero-order valence-electron chi connectivity index (χ0n) is 55.3. The van der Waals surface area contributed by atoms with Gasteiger partial charge in [-0.05, 0) is 197 Å². The van der Waals surface area contributed by atoms with E-state index in [-0.39, 0.29) is 0 Å². The lowest BCUT2D eigenvalue weighted by atomic mass is 9.90. The third-order valence-corrected chi connectivity index (χ3v) is 19.7. The molecular weight excluding hydrogens is 1200 g/mol. The van der Waals surface area contributed by atoms with Crippen molar-refractivity contribution < 1.29 is 0 Å². The van der Waals surface area contributed by atoms with Crippen molar-refractivity contribution in [3.8, 4) is 0 Å². The van der Waals surface area contributed by atoms with Crippen LogP contribution in [0.2, 0.25) is 0 Å². The number of hydrogen-bond acceptors (Lipinski definition) is 0. The summed E-state index contributed by atoms with van der Waals surface area (Å²) in [5, 5.41) is 42.9. The topological polar surface area (TPSA) is 0 Å². The van der Waals surface area contributed by atoms with Crippen molar-refractivity contribution in [1.82, 2.24) is 0 Å². The van der Waals surface area contributed by atoms with E-state index in [1.54, 1.807) is 0 Å². The first-order chi connectivity index (χ1) is 49.6. The summed E-state index contributed by atoms with van der Waals surface area (Å²) in [6.07, 6.45) is 0. The molecule has 23 aromatic carbocycles. The maximum atomic E-state index is 2.25. The molecule has 468 valence electrons. The minimum absolute atomic E-state index is 1.31. The summed E-state index contributed by atoms with van der Waals surface area (Å²) in [6.45, 7) is 0. The van der Waals surface area contributed by atoms with Crippen molar-refractivity contribution >= 4 is 172 Å². The predicted molar refractivity (Wildman–Crippen MR) is 439 cm³/mol. The molecule has 0 nitrogen and oxygen atoms in total. The maximum Gasteiger partial charge on any atom is -0.00264 e. The molecule has 0 aliphatic carbocycles. The average molecular weight is 1270 g/mol. The molecule has 0 amide bonds. The Hall–Kier alpha value is -13.0. The molecule has 0 aliphatic heterocycles. The minimum atomic E-state index is 1.31. The van der Waals surface area contributed by atoms with Crippen LogP contribution in [0.5, 0.6) is 0 Å². The summed E-state index contributed by atoms with van der Waals surface area (Å²) < 4.78 is 0. The minimum Gasteiger partial charge on any atom is -0.0616 e. The largest absolute Gasteiger partial charge is 0.0616 e. The highest BCUT2D eigenvalue weighted by Gasteiger charge is 2.13. The van der Waals surface area contributed by atoms with Crippen LogP contribution in [0.25, 0.3) is 172 Å². The summed E-state index contributed by atoms with van der Waals surface area (Å²) in [5.41, 5.74) is 0. The fourth-order valence-corrected chi connectivity index (χ4v) is 15.0. The molecule has 0 aliphatic rings. The second-order valence-electron chi connectivity index (χ2n) is 25.8. The highest BCUT2D eigenvalue weighted by molar-refractivity contribution is 6.33. The molecule has 0 unspecified atom stereocenters. The maximum absolute atomic E-state index is 2.25. The summed E-state index contributed by atoms with van der Waals surface area (Å²) in [5.74, 6) is 0. The molecule has 0 fully saturated rings. The van der Waals surface area contributed by atoms with Gasteiger partial charge in [-0.2, -0.15) is 0 Å². The van der Waals surface area contributed by atoms with E-state index in [0.717, 1.165) is 0 Å². The van der Waals surface area contributed by atoms with Crippen LogP contribution in [0.1, 0.15) is 0 Å². The van der Waals surface area contributed by atoms with E-state index in [9.17, 15) is 0 Å². The summed E-state index contributed by atoms with van der Waals surface area (Å²) in [6, 6.07) is 146. The van der Waals surface area contributed by atoms with E-state index in [1.165, 1.54) is 172 Å². The molecule has 0 atom stereocenters. The van der Waals surface area contributed by atoms with Crippen LogP contribution in [-0.4, -0.2) is 0 Å². The van der Waals surface area contributed by atoms with Crippen molar-refractivity contribution in [1.29, 1.82) is 0 Å². The van der Waals surface area contributed by atoms with Gasteiger partial charge in [-0.1, -0.05) is 388 Å². The Morgan fingerprint density at radius 3 is 0.360 bits per heavy atom. The predicted octanol–water partition coefficient (Wildman–Crippen LogP) is 28.6. The quantitative estimate of drug-likeness (QED) is 0.105. The third kappa shape index (κ3) is 12.1. The smallest absolute Gasteiger partial charge is 0.00264 e. The summed E-state index contributed by atoms with van der Waals surface area (Å²) >= 11 is 0. The van der Waals surface area contributed by atoms with Crippen molar-refractivity contribution in [3.63, 3.8) is 0 Å². The van der Waals surface area contributed by atoms with Gasteiger partial charge in [0.2, 0.25) is 0 Å². The molecular formula is C100H68. The fraction of sp³-hybridized carbons (Fsp3) is 0. The molecule has 0 heteroatoms. The lowest BCUT2D eigenvalue weighted by Gasteiger charge is -2.13. The van der Waals surface area contributed by atoms with E-state index in [1.807, 2.05) is 0 Å². The molecule has 0 bridgehead atoms. The van der Waals surface area contributed by atoms with Crippen molar-refractivity contribution in [3.05, 3.63) is 413 Å². The fourth-order valence-electron chi connectivity index (χ4n) is 15.0. The molecule has 0 spiro atoms. The number of hydrogen-bond donors (Lipinski definition) is 0. The Morgan fingerprint density at radius 1 is 0.0800 bits per heavy atom. The first-order valence-electron chi connectivity index (χ1n) is 34.5. The lowest BCUT2D eigenvalue weighted by Crippen LogP contribution is -1.85. The van der Waals surface area contributed by atoms with Gasteiger partial charge < -0.3 is 0 Å². The van der Waals surface area contributed by atoms with E-state index in [4.69, 9.17) is 0 Å². The molecule has 0 radical (unpaired) electrons. The Bertz CT molecular complexity index is 5710. The monoisotopic (exact) mass is 1270 g/mol. The summed E-state index contributed by atoms with van der Waals surface area (Å²) in [7, 11) is 0. The average Bonchev–Trinajstić information content (AvgIpc) is 0.732. The van der Waals surface area contributed by atoms with Gasteiger partial charge in [-0.25, -0.2) is 0 Å².